The van der Waals surface area contributed by atoms with E-state index in [1.54, 1.807) is 24.3 Å². The van der Waals surface area contributed by atoms with Gasteiger partial charge in [0.1, 0.15) is 24.2 Å². The normalized spacial score (nSPS) is 13.8. The first-order valence-corrected chi connectivity index (χ1v) is 11.2. The Morgan fingerprint density at radius 1 is 0.833 bits per heavy atom. The SMILES string of the molecule is COC(=O)C(N)Cc1ccc(NC(=O)CCC(=O)NC(C)C(=O)NC(C)C(=O)NC(C)C(=O)O)cc1. The summed E-state index contributed by atoms with van der Waals surface area (Å²) in [7, 11) is 1.25. The molecule has 13 heteroatoms. The maximum atomic E-state index is 12.2. The Kier molecular flexibility index (Phi) is 12.0. The van der Waals surface area contributed by atoms with Gasteiger partial charge in [0.15, 0.2) is 0 Å². The number of aliphatic carboxylic acids is 1. The van der Waals surface area contributed by atoms with Crippen LogP contribution >= 0.6 is 0 Å². The Morgan fingerprint density at radius 2 is 1.33 bits per heavy atom. The van der Waals surface area contributed by atoms with Crippen molar-refractivity contribution in [1.82, 2.24) is 16.0 Å². The fraction of sp³-hybridized carbons (Fsp3) is 0.478. The number of carboxylic acids is 1. The highest BCUT2D eigenvalue weighted by Gasteiger charge is 2.23. The molecule has 13 nitrogen and oxygen atoms in total. The van der Waals surface area contributed by atoms with Gasteiger partial charge in [-0.3, -0.25) is 28.8 Å². The molecule has 0 aliphatic heterocycles. The molecule has 1 aromatic rings. The smallest absolute Gasteiger partial charge is 0.325 e. The van der Waals surface area contributed by atoms with E-state index in [0.29, 0.717) is 5.69 Å². The standard InChI is InChI=1S/C23H33N5O8/c1-12(20(31)26-13(2)21(32)27-14(3)22(33)34)25-18(29)9-10-19(30)28-16-7-5-15(6-8-16)11-17(24)23(35)36-4/h5-8,12-14,17H,9-11,24H2,1-4H3,(H,25,29)(H,26,31)(H,27,32)(H,28,30)(H,33,34). The van der Waals surface area contributed by atoms with Gasteiger partial charge >= 0.3 is 11.9 Å². The predicted octanol–water partition coefficient (Wildman–Crippen LogP) is -0.953. The van der Waals surface area contributed by atoms with Gasteiger partial charge in [-0.2, -0.15) is 0 Å². The van der Waals surface area contributed by atoms with E-state index in [1.807, 2.05) is 0 Å². The van der Waals surface area contributed by atoms with E-state index in [2.05, 4.69) is 26.0 Å². The summed E-state index contributed by atoms with van der Waals surface area (Å²) in [5, 5.41) is 18.5. The number of amides is 4. The van der Waals surface area contributed by atoms with Crippen LogP contribution in [-0.2, 0) is 39.9 Å². The number of carboxylic acid groups (broad SMARTS) is 1. The van der Waals surface area contributed by atoms with Crippen molar-refractivity contribution < 1.29 is 38.6 Å². The largest absolute Gasteiger partial charge is 0.480 e. The predicted molar refractivity (Wildman–Crippen MR) is 128 cm³/mol. The number of hydrogen-bond acceptors (Lipinski definition) is 8. The van der Waals surface area contributed by atoms with Gasteiger partial charge in [-0.25, -0.2) is 0 Å². The third-order valence-corrected chi connectivity index (χ3v) is 5.03. The number of carbonyl (C=O) groups is 6. The van der Waals surface area contributed by atoms with Gasteiger partial charge in [0, 0.05) is 18.5 Å². The Balaban J connectivity index is 2.43. The minimum Gasteiger partial charge on any atom is -0.480 e. The molecule has 198 valence electrons. The molecule has 0 aliphatic rings. The monoisotopic (exact) mass is 507 g/mol. The number of nitrogens with two attached hydrogens (primary N) is 1. The van der Waals surface area contributed by atoms with Crippen LogP contribution in [0.4, 0.5) is 5.69 Å². The molecule has 0 bridgehead atoms. The summed E-state index contributed by atoms with van der Waals surface area (Å²) in [6, 6.07) is 2.76. The van der Waals surface area contributed by atoms with Gasteiger partial charge in [-0.15, -0.1) is 0 Å². The topological polar surface area (TPSA) is 206 Å². The van der Waals surface area contributed by atoms with Crippen LogP contribution in [-0.4, -0.2) is 72.0 Å². The minimum absolute atomic E-state index is 0.138. The number of carbonyl (C=O) groups excluding carboxylic acids is 5. The average molecular weight is 508 g/mol. The number of anilines is 1. The summed E-state index contributed by atoms with van der Waals surface area (Å²) in [6.45, 7) is 4.07. The third-order valence-electron chi connectivity index (χ3n) is 5.03. The highest BCUT2D eigenvalue weighted by atomic mass is 16.5. The number of esters is 1. The highest BCUT2D eigenvalue weighted by molar-refractivity contribution is 5.95. The minimum atomic E-state index is -1.22. The molecule has 0 heterocycles. The lowest BCUT2D eigenvalue weighted by atomic mass is 10.1. The molecule has 0 spiro atoms. The molecule has 4 amide bonds. The summed E-state index contributed by atoms with van der Waals surface area (Å²) in [5.74, 6) is -4.04. The number of methoxy groups -OCH3 is 1. The van der Waals surface area contributed by atoms with E-state index in [9.17, 15) is 28.8 Å². The van der Waals surface area contributed by atoms with Crippen LogP contribution in [0.1, 0.15) is 39.2 Å². The Bertz CT molecular complexity index is 966. The molecule has 0 saturated heterocycles. The molecule has 4 unspecified atom stereocenters. The number of nitrogens with one attached hydrogen (secondary N) is 4. The van der Waals surface area contributed by atoms with Gasteiger partial charge < -0.3 is 36.8 Å². The molecule has 7 N–H and O–H groups in total. The summed E-state index contributed by atoms with van der Waals surface area (Å²) in [4.78, 5) is 70.6. The highest BCUT2D eigenvalue weighted by Crippen LogP contribution is 2.12. The zero-order chi connectivity index (χ0) is 27.4. The fourth-order valence-corrected chi connectivity index (χ4v) is 2.85. The molecule has 0 radical (unpaired) electrons. The summed E-state index contributed by atoms with van der Waals surface area (Å²) < 4.78 is 4.58. The molecular formula is C23H33N5O8. The molecule has 0 fully saturated rings. The molecule has 0 aliphatic carbocycles. The Morgan fingerprint density at radius 3 is 1.86 bits per heavy atom. The zero-order valence-electron chi connectivity index (χ0n) is 20.6. The summed E-state index contributed by atoms with van der Waals surface area (Å²) >= 11 is 0. The molecule has 0 saturated carbocycles. The third kappa shape index (κ3) is 10.5. The van der Waals surface area contributed by atoms with Gasteiger partial charge in [-0.1, -0.05) is 12.1 Å². The van der Waals surface area contributed by atoms with E-state index in [-0.39, 0.29) is 19.3 Å². The first-order valence-electron chi connectivity index (χ1n) is 11.2. The fourth-order valence-electron chi connectivity index (χ4n) is 2.85. The van der Waals surface area contributed by atoms with Gasteiger partial charge in [-0.05, 0) is 44.9 Å². The second kappa shape index (κ2) is 14.4. The van der Waals surface area contributed by atoms with Crippen LogP contribution in [0.3, 0.4) is 0 Å². The molecule has 1 rings (SSSR count). The van der Waals surface area contributed by atoms with Crippen LogP contribution in [0, 0.1) is 0 Å². The van der Waals surface area contributed by atoms with Crippen LogP contribution in [0.5, 0.6) is 0 Å². The molecule has 0 aromatic heterocycles. The van der Waals surface area contributed by atoms with Crippen LogP contribution in [0.2, 0.25) is 0 Å². The molecule has 1 aromatic carbocycles. The van der Waals surface area contributed by atoms with Crippen molar-refractivity contribution in [2.24, 2.45) is 5.73 Å². The summed E-state index contributed by atoms with van der Waals surface area (Å²) in [5.41, 5.74) is 6.99. The average Bonchev–Trinajstić information content (AvgIpc) is 2.82. The first kappa shape index (κ1) is 30.0. The van der Waals surface area contributed by atoms with Crippen molar-refractivity contribution in [3.05, 3.63) is 29.8 Å². The van der Waals surface area contributed by atoms with Crippen molar-refractivity contribution in [1.29, 1.82) is 0 Å². The second-order valence-corrected chi connectivity index (χ2v) is 8.17. The van der Waals surface area contributed by atoms with E-state index in [1.165, 1.54) is 27.9 Å². The lowest BCUT2D eigenvalue weighted by Crippen LogP contribution is -2.53. The maximum Gasteiger partial charge on any atom is 0.325 e. The molecule has 4 atom stereocenters. The molecular weight excluding hydrogens is 474 g/mol. The Hall–Kier alpha value is -4.00. The second-order valence-electron chi connectivity index (χ2n) is 8.17. The number of ether oxygens (including phenoxy) is 1. The molecule has 36 heavy (non-hydrogen) atoms. The number of hydrogen-bond donors (Lipinski definition) is 6. The van der Waals surface area contributed by atoms with Crippen molar-refractivity contribution in [2.45, 2.75) is 64.2 Å². The van der Waals surface area contributed by atoms with Gasteiger partial charge in [0.05, 0.1) is 7.11 Å². The maximum absolute atomic E-state index is 12.2. The van der Waals surface area contributed by atoms with Crippen molar-refractivity contribution in [3.8, 4) is 0 Å². The quantitative estimate of drug-likeness (QED) is 0.182. The number of rotatable bonds is 13. The lowest BCUT2D eigenvalue weighted by Gasteiger charge is -2.19. The van der Waals surface area contributed by atoms with Crippen LogP contribution in [0.25, 0.3) is 0 Å². The van der Waals surface area contributed by atoms with Crippen molar-refractivity contribution in [3.63, 3.8) is 0 Å². The number of benzene rings is 1. The zero-order valence-corrected chi connectivity index (χ0v) is 20.6. The lowest BCUT2D eigenvalue weighted by molar-refractivity contribution is -0.142. The Labute approximate surface area is 208 Å². The van der Waals surface area contributed by atoms with Gasteiger partial charge in [0.25, 0.3) is 0 Å². The van der Waals surface area contributed by atoms with Crippen molar-refractivity contribution >= 4 is 41.3 Å². The van der Waals surface area contributed by atoms with E-state index >= 15 is 0 Å². The van der Waals surface area contributed by atoms with E-state index in [4.69, 9.17) is 10.8 Å². The van der Waals surface area contributed by atoms with E-state index < -0.39 is 59.7 Å². The first-order chi connectivity index (χ1) is 16.8. The van der Waals surface area contributed by atoms with Gasteiger partial charge in [0.2, 0.25) is 23.6 Å². The summed E-state index contributed by atoms with van der Waals surface area (Å²) in [6.07, 6.45) is -0.0412. The van der Waals surface area contributed by atoms with E-state index in [0.717, 1.165) is 5.56 Å². The van der Waals surface area contributed by atoms with Crippen molar-refractivity contribution in [2.75, 3.05) is 12.4 Å². The van der Waals surface area contributed by atoms with Crippen LogP contribution < -0.4 is 27.0 Å². The van der Waals surface area contributed by atoms with Crippen LogP contribution in [0.15, 0.2) is 24.3 Å².